The van der Waals surface area contributed by atoms with Gasteiger partial charge in [0.05, 0.1) is 0 Å². The summed E-state index contributed by atoms with van der Waals surface area (Å²) in [6.45, 7) is 6.83. The molecule has 0 heterocycles. The fourth-order valence-corrected chi connectivity index (χ4v) is 2.62. The Balaban J connectivity index is 4.02. The number of unbranched alkanes of at least 4 members (excludes halogenated alkanes) is 4. The number of hydrogen-bond donors (Lipinski definition) is 1. The predicted molar refractivity (Wildman–Crippen MR) is 77.9 cm³/mol. The fourth-order valence-electron chi connectivity index (χ4n) is 2.62. The van der Waals surface area contributed by atoms with Gasteiger partial charge < -0.3 is 5.11 Å². The summed E-state index contributed by atoms with van der Waals surface area (Å²) in [5, 5.41) is 8.73. The van der Waals surface area contributed by atoms with E-state index in [-0.39, 0.29) is 0 Å². The molecule has 0 aliphatic rings. The Labute approximate surface area is 113 Å². The van der Waals surface area contributed by atoms with Crippen LogP contribution in [0.5, 0.6) is 0 Å². The molecule has 0 aromatic carbocycles. The van der Waals surface area contributed by atoms with Crippen LogP contribution >= 0.6 is 0 Å². The molecule has 0 rings (SSSR count). The third-order valence-corrected chi connectivity index (χ3v) is 3.94. The van der Waals surface area contributed by atoms with E-state index < -0.39 is 5.97 Å². The molecule has 0 aliphatic carbocycles. The van der Waals surface area contributed by atoms with Gasteiger partial charge in [-0.1, -0.05) is 59.3 Å². The number of carboxylic acid groups (broad SMARTS) is 1. The molecular weight excluding hydrogens is 224 g/mol. The van der Waals surface area contributed by atoms with E-state index >= 15 is 0 Å². The van der Waals surface area contributed by atoms with E-state index in [1.807, 2.05) is 0 Å². The molecule has 18 heavy (non-hydrogen) atoms. The molecule has 2 nitrogen and oxygen atoms in total. The standard InChI is InChI=1S/C16H32O2/c1-4-6-8-9-13-16(3,12-7-5-2)14-10-11-15(17)18/h4-14H2,1-3H3,(H,17,18). The third kappa shape index (κ3) is 9.49. The number of carbonyl (C=O) groups is 1. The lowest BCUT2D eigenvalue weighted by molar-refractivity contribution is -0.137. The summed E-state index contributed by atoms with van der Waals surface area (Å²) in [4.78, 5) is 10.6. The van der Waals surface area contributed by atoms with E-state index in [0.29, 0.717) is 11.8 Å². The van der Waals surface area contributed by atoms with Gasteiger partial charge in [0.15, 0.2) is 0 Å². The topological polar surface area (TPSA) is 37.3 Å². The molecule has 0 fully saturated rings. The summed E-state index contributed by atoms with van der Waals surface area (Å²) in [7, 11) is 0. The second kappa shape index (κ2) is 10.4. The second-order valence-electron chi connectivity index (χ2n) is 5.97. The van der Waals surface area contributed by atoms with Crippen LogP contribution in [0.25, 0.3) is 0 Å². The first-order valence-corrected chi connectivity index (χ1v) is 7.76. The minimum atomic E-state index is -0.654. The molecule has 1 unspecified atom stereocenters. The van der Waals surface area contributed by atoms with Crippen LogP contribution in [0, 0.1) is 5.41 Å². The van der Waals surface area contributed by atoms with Gasteiger partial charge >= 0.3 is 5.97 Å². The summed E-state index contributed by atoms with van der Waals surface area (Å²) < 4.78 is 0. The molecule has 108 valence electrons. The van der Waals surface area contributed by atoms with Gasteiger partial charge in [-0.3, -0.25) is 4.79 Å². The third-order valence-electron chi connectivity index (χ3n) is 3.94. The van der Waals surface area contributed by atoms with Crippen molar-refractivity contribution in [3.63, 3.8) is 0 Å². The summed E-state index contributed by atoms with van der Waals surface area (Å²) in [6, 6.07) is 0. The minimum absolute atomic E-state index is 0.330. The van der Waals surface area contributed by atoms with Gasteiger partial charge in [0, 0.05) is 6.42 Å². The Bertz CT molecular complexity index is 213. The Hall–Kier alpha value is -0.530. The highest BCUT2D eigenvalue weighted by Crippen LogP contribution is 2.36. The minimum Gasteiger partial charge on any atom is -0.481 e. The fraction of sp³-hybridized carbons (Fsp3) is 0.938. The molecule has 0 aromatic rings. The largest absolute Gasteiger partial charge is 0.481 e. The maximum atomic E-state index is 10.6. The average molecular weight is 256 g/mol. The summed E-state index contributed by atoms with van der Waals surface area (Å²) in [6.07, 6.45) is 12.5. The van der Waals surface area contributed by atoms with Crippen molar-refractivity contribution in [1.29, 1.82) is 0 Å². The van der Waals surface area contributed by atoms with E-state index in [1.54, 1.807) is 0 Å². The van der Waals surface area contributed by atoms with Crippen LogP contribution in [0.1, 0.15) is 91.4 Å². The van der Waals surface area contributed by atoms with Gasteiger partial charge in [0.2, 0.25) is 0 Å². The molecule has 1 atom stereocenters. The average Bonchev–Trinajstić information content (AvgIpc) is 2.32. The van der Waals surface area contributed by atoms with E-state index in [4.69, 9.17) is 5.11 Å². The van der Waals surface area contributed by atoms with Crippen molar-refractivity contribution in [2.75, 3.05) is 0 Å². The summed E-state index contributed by atoms with van der Waals surface area (Å²) in [5.74, 6) is -0.654. The van der Waals surface area contributed by atoms with E-state index in [2.05, 4.69) is 20.8 Å². The van der Waals surface area contributed by atoms with Crippen LogP contribution in [0.3, 0.4) is 0 Å². The van der Waals surface area contributed by atoms with Crippen molar-refractivity contribution < 1.29 is 9.90 Å². The molecule has 0 saturated heterocycles. The van der Waals surface area contributed by atoms with Gasteiger partial charge in [0.25, 0.3) is 0 Å². The molecule has 0 radical (unpaired) electrons. The van der Waals surface area contributed by atoms with Crippen LogP contribution in [-0.2, 0) is 4.79 Å². The Morgan fingerprint density at radius 3 is 2.00 bits per heavy atom. The van der Waals surface area contributed by atoms with Crippen molar-refractivity contribution in [3.8, 4) is 0 Å². The van der Waals surface area contributed by atoms with Crippen LogP contribution < -0.4 is 0 Å². The number of hydrogen-bond acceptors (Lipinski definition) is 1. The maximum absolute atomic E-state index is 10.6. The van der Waals surface area contributed by atoms with E-state index in [1.165, 1.54) is 51.4 Å². The highest BCUT2D eigenvalue weighted by Gasteiger charge is 2.22. The molecule has 0 bridgehead atoms. The zero-order valence-corrected chi connectivity index (χ0v) is 12.6. The van der Waals surface area contributed by atoms with Gasteiger partial charge in [-0.2, -0.15) is 0 Å². The molecular formula is C16H32O2. The first-order valence-electron chi connectivity index (χ1n) is 7.76. The first kappa shape index (κ1) is 17.5. The van der Waals surface area contributed by atoms with Gasteiger partial charge in [-0.15, -0.1) is 0 Å². The summed E-state index contributed by atoms with van der Waals surface area (Å²) >= 11 is 0. The van der Waals surface area contributed by atoms with Crippen molar-refractivity contribution in [1.82, 2.24) is 0 Å². The van der Waals surface area contributed by atoms with Crippen molar-refractivity contribution in [2.45, 2.75) is 91.4 Å². The quantitative estimate of drug-likeness (QED) is 0.474. The first-order chi connectivity index (χ1) is 8.54. The summed E-state index contributed by atoms with van der Waals surface area (Å²) in [5.41, 5.74) is 0.374. The highest BCUT2D eigenvalue weighted by molar-refractivity contribution is 5.66. The number of aliphatic carboxylic acids is 1. The normalized spacial score (nSPS) is 14.4. The van der Waals surface area contributed by atoms with Crippen molar-refractivity contribution in [2.24, 2.45) is 5.41 Å². The van der Waals surface area contributed by atoms with Crippen LogP contribution in [0.15, 0.2) is 0 Å². The second-order valence-corrected chi connectivity index (χ2v) is 5.97. The zero-order valence-electron chi connectivity index (χ0n) is 12.6. The maximum Gasteiger partial charge on any atom is 0.303 e. The lowest BCUT2D eigenvalue weighted by atomic mass is 9.76. The van der Waals surface area contributed by atoms with E-state index in [9.17, 15) is 4.79 Å². The Morgan fingerprint density at radius 2 is 1.44 bits per heavy atom. The van der Waals surface area contributed by atoms with Crippen LogP contribution in [0.4, 0.5) is 0 Å². The highest BCUT2D eigenvalue weighted by atomic mass is 16.4. The molecule has 0 aromatic heterocycles. The van der Waals surface area contributed by atoms with Crippen LogP contribution in [0.2, 0.25) is 0 Å². The van der Waals surface area contributed by atoms with Crippen LogP contribution in [-0.4, -0.2) is 11.1 Å². The zero-order chi connectivity index (χ0) is 13.9. The lowest BCUT2D eigenvalue weighted by Gasteiger charge is -2.30. The molecule has 0 spiro atoms. The number of carboxylic acids is 1. The monoisotopic (exact) mass is 256 g/mol. The number of rotatable bonds is 12. The van der Waals surface area contributed by atoms with Gasteiger partial charge in [0.1, 0.15) is 0 Å². The lowest BCUT2D eigenvalue weighted by Crippen LogP contribution is -2.17. The Morgan fingerprint density at radius 1 is 0.889 bits per heavy atom. The predicted octanol–water partition coefficient (Wildman–Crippen LogP) is 5.41. The van der Waals surface area contributed by atoms with Gasteiger partial charge in [-0.25, -0.2) is 0 Å². The Kier molecular flexibility index (Phi) is 10.1. The SMILES string of the molecule is CCCCCCC(C)(CCCC)CCCC(=O)O. The molecule has 0 saturated carbocycles. The van der Waals surface area contributed by atoms with Crippen molar-refractivity contribution in [3.05, 3.63) is 0 Å². The van der Waals surface area contributed by atoms with Gasteiger partial charge in [-0.05, 0) is 31.1 Å². The molecule has 2 heteroatoms. The molecule has 0 amide bonds. The molecule has 0 aliphatic heterocycles. The smallest absolute Gasteiger partial charge is 0.303 e. The van der Waals surface area contributed by atoms with Crippen molar-refractivity contribution >= 4 is 5.97 Å². The molecule has 1 N–H and O–H groups in total. The van der Waals surface area contributed by atoms with E-state index in [0.717, 1.165) is 12.8 Å².